The second-order valence-electron chi connectivity index (χ2n) is 5.08. The Balaban J connectivity index is 1.95. The number of rotatable bonds is 6. The van der Waals surface area contributed by atoms with Crippen LogP contribution in [-0.4, -0.2) is 17.4 Å². The predicted octanol–water partition coefficient (Wildman–Crippen LogP) is 2.57. The Labute approximate surface area is 137 Å². The highest BCUT2D eigenvalue weighted by Crippen LogP contribution is 2.30. The van der Waals surface area contributed by atoms with Gasteiger partial charge in [-0.05, 0) is 30.7 Å². The number of nitrogen functional groups attached to an aromatic ring is 1. The summed E-state index contributed by atoms with van der Waals surface area (Å²) in [5.41, 5.74) is 5.96. The smallest absolute Gasteiger partial charge is 0.295 e. The van der Waals surface area contributed by atoms with Gasteiger partial charge in [0.2, 0.25) is 0 Å². The third-order valence-electron chi connectivity index (χ3n) is 3.35. The van der Waals surface area contributed by atoms with Crippen LogP contribution < -0.4 is 15.8 Å². The van der Waals surface area contributed by atoms with Crippen LogP contribution in [0.25, 0.3) is 0 Å². The van der Waals surface area contributed by atoms with Gasteiger partial charge in [-0.15, -0.1) is 0 Å². The van der Waals surface area contributed by atoms with E-state index in [0.29, 0.717) is 0 Å². The van der Waals surface area contributed by atoms with Gasteiger partial charge in [0.05, 0.1) is 11.0 Å². The summed E-state index contributed by atoms with van der Waals surface area (Å²) in [6, 6.07) is 9.51. The molecule has 0 spiro atoms. The van der Waals surface area contributed by atoms with Crippen LogP contribution >= 0.6 is 0 Å². The number of para-hydroxylation sites is 1. The van der Waals surface area contributed by atoms with E-state index in [9.17, 15) is 19.3 Å². The van der Waals surface area contributed by atoms with Crippen molar-refractivity contribution in [1.82, 2.24) is 5.32 Å². The number of nitrogens with two attached hydrogens (primary N) is 1. The topological polar surface area (TPSA) is 107 Å². The maximum Gasteiger partial charge on any atom is 0.295 e. The van der Waals surface area contributed by atoms with E-state index in [1.165, 1.54) is 30.3 Å². The minimum Gasteiger partial charge on any atom is -0.481 e. The average Bonchev–Trinajstić information content (AvgIpc) is 2.54. The summed E-state index contributed by atoms with van der Waals surface area (Å²) < 4.78 is 18.1. The molecule has 0 aliphatic carbocycles. The molecule has 0 saturated carbocycles. The molecule has 0 aliphatic rings. The van der Waals surface area contributed by atoms with Crippen LogP contribution in [0.2, 0.25) is 0 Å². The van der Waals surface area contributed by atoms with Crippen molar-refractivity contribution in [2.45, 2.75) is 13.0 Å². The van der Waals surface area contributed by atoms with Crippen LogP contribution in [0.5, 0.6) is 5.75 Å². The number of nitrogens with one attached hydrogen (secondary N) is 1. The number of nitrogens with zero attached hydrogens (tertiary/aromatic N) is 1. The third kappa shape index (κ3) is 4.19. The Morgan fingerprint density at radius 1 is 1.33 bits per heavy atom. The first-order valence-corrected chi connectivity index (χ1v) is 7.09. The van der Waals surface area contributed by atoms with E-state index in [1.807, 2.05) is 0 Å². The summed E-state index contributed by atoms with van der Waals surface area (Å²) in [7, 11) is 0. The second-order valence-corrected chi connectivity index (χ2v) is 5.08. The molecule has 0 aliphatic heterocycles. The van der Waals surface area contributed by atoms with E-state index in [0.717, 1.165) is 5.56 Å². The van der Waals surface area contributed by atoms with Crippen molar-refractivity contribution in [1.29, 1.82) is 0 Å². The molecule has 1 atom stereocenters. The Bertz CT molecular complexity index is 749. The molecule has 1 unspecified atom stereocenters. The van der Waals surface area contributed by atoms with Crippen LogP contribution in [0, 0.1) is 15.9 Å². The quantitative estimate of drug-likeness (QED) is 0.480. The van der Waals surface area contributed by atoms with Crippen molar-refractivity contribution in [3.8, 4) is 5.75 Å². The van der Waals surface area contributed by atoms with Crippen molar-refractivity contribution in [3.05, 3.63) is 64.0 Å². The van der Waals surface area contributed by atoms with Crippen molar-refractivity contribution >= 4 is 17.3 Å². The molecule has 8 heteroatoms. The summed E-state index contributed by atoms with van der Waals surface area (Å²) in [5, 5.41) is 13.5. The molecule has 0 saturated heterocycles. The lowest BCUT2D eigenvalue weighted by atomic mass is 10.1. The van der Waals surface area contributed by atoms with Crippen LogP contribution in [0.1, 0.15) is 18.5 Å². The maximum absolute atomic E-state index is 12.9. The molecule has 0 bridgehead atoms. The zero-order valence-electron chi connectivity index (χ0n) is 12.9. The van der Waals surface area contributed by atoms with E-state index < -0.39 is 10.8 Å². The number of benzene rings is 2. The standard InChI is InChI=1S/C16H16FN3O4/c1-10(11-5-7-12(17)8-6-11)19-15(21)9-24-14-4-2-3-13(16(14)18)20(22)23/h2-8,10H,9,18H2,1H3,(H,19,21). The van der Waals surface area contributed by atoms with Crippen molar-refractivity contribution in [3.63, 3.8) is 0 Å². The highest BCUT2D eigenvalue weighted by atomic mass is 19.1. The van der Waals surface area contributed by atoms with Gasteiger partial charge in [0, 0.05) is 6.07 Å². The van der Waals surface area contributed by atoms with Crippen LogP contribution in [0.15, 0.2) is 42.5 Å². The predicted molar refractivity (Wildman–Crippen MR) is 86.0 cm³/mol. The monoisotopic (exact) mass is 333 g/mol. The Hall–Kier alpha value is -3.16. The molecular weight excluding hydrogens is 317 g/mol. The van der Waals surface area contributed by atoms with Crippen LogP contribution in [0.3, 0.4) is 0 Å². The summed E-state index contributed by atoms with van der Waals surface area (Å²) in [6.45, 7) is 1.39. The number of nitro groups is 1. The molecule has 126 valence electrons. The number of hydrogen-bond acceptors (Lipinski definition) is 5. The number of carbonyl (C=O) groups excluding carboxylic acids is 1. The molecule has 0 radical (unpaired) electrons. The molecule has 0 heterocycles. The minimum absolute atomic E-state index is 0.0637. The zero-order valence-corrected chi connectivity index (χ0v) is 12.9. The normalized spacial score (nSPS) is 11.6. The molecule has 7 nitrogen and oxygen atoms in total. The van der Waals surface area contributed by atoms with Crippen molar-refractivity contribution in [2.24, 2.45) is 0 Å². The van der Waals surface area contributed by atoms with Crippen molar-refractivity contribution in [2.75, 3.05) is 12.3 Å². The van der Waals surface area contributed by atoms with Gasteiger partial charge in [-0.25, -0.2) is 4.39 Å². The number of nitro benzene ring substituents is 1. The summed E-state index contributed by atoms with van der Waals surface area (Å²) in [5.74, 6) is -0.728. The van der Waals surface area contributed by atoms with Gasteiger partial charge >= 0.3 is 0 Å². The van der Waals surface area contributed by atoms with Gasteiger partial charge in [-0.2, -0.15) is 0 Å². The summed E-state index contributed by atoms with van der Waals surface area (Å²) in [4.78, 5) is 22.1. The van der Waals surface area contributed by atoms with Gasteiger partial charge in [0.1, 0.15) is 11.6 Å². The molecule has 2 rings (SSSR count). The van der Waals surface area contributed by atoms with Crippen LogP contribution in [0.4, 0.5) is 15.8 Å². The Morgan fingerprint density at radius 3 is 2.62 bits per heavy atom. The molecule has 2 aromatic rings. The van der Waals surface area contributed by atoms with Gasteiger partial charge in [0.25, 0.3) is 11.6 Å². The molecule has 2 aromatic carbocycles. The van der Waals surface area contributed by atoms with E-state index >= 15 is 0 Å². The molecule has 0 fully saturated rings. The zero-order chi connectivity index (χ0) is 17.7. The lowest BCUT2D eigenvalue weighted by molar-refractivity contribution is -0.384. The fraction of sp³-hybridized carbons (Fsp3) is 0.188. The number of carbonyl (C=O) groups is 1. The lowest BCUT2D eigenvalue weighted by Crippen LogP contribution is -2.31. The minimum atomic E-state index is -0.626. The first-order valence-electron chi connectivity index (χ1n) is 7.09. The SMILES string of the molecule is CC(NC(=O)COc1cccc([N+](=O)[O-])c1N)c1ccc(F)cc1. The number of amides is 1. The van der Waals surface area contributed by atoms with E-state index in [2.05, 4.69) is 5.32 Å². The fourth-order valence-electron chi connectivity index (χ4n) is 2.08. The third-order valence-corrected chi connectivity index (χ3v) is 3.35. The molecule has 1 amide bonds. The number of ether oxygens (including phenoxy) is 1. The molecule has 3 N–H and O–H groups in total. The van der Waals surface area contributed by atoms with E-state index in [4.69, 9.17) is 10.5 Å². The highest BCUT2D eigenvalue weighted by molar-refractivity contribution is 5.78. The number of anilines is 1. The number of halogens is 1. The second kappa shape index (κ2) is 7.40. The van der Waals surface area contributed by atoms with Crippen LogP contribution in [-0.2, 0) is 4.79 Å². The maximum atomic E-state index is 12.9. The van der Waals surface area contributed by atoms with Gasteiger partial charge < -0.3 is 15.8 Å². The molecule has 24 heavy (non-hydrogen) atoms. The highest BCUT2D eigenvalue weighted by Gasteiger charge is 2.16. The van der Waals surface area contributed by atoms with Gasteiger partial charge in [0.15, 0.2) is 12.3 Å². The molecular formula is C16H16FN3O4. The average molecular weight is 333 g/mol. The van der Waals surface area contributed by atoms with Gasteiger partial charge in [-0.1, -0.05) is 18.2 Å². The van der Waals surface area contributed by atoms with E-state index in [1.54, 1.807) is 19.1 Å². The Kier molecular flexibility index (Phi) is 5.31. The largest absolute Gasteiger partial charge is 0.481 e. The number of hydrogen-bond donors (Lipinski definition) is 2. The summed E-state index contributed by atoms with van der Waals surface area (Å²) >= 11 is 0. The molecule has 0 aromatic heterocycles. The van der Waals surface area contributed by atoms with Crippen molar-refractivity contribution < 1.29 is 18.8 Å². The Morgan fingerprint density at radius 2 is 2.00 bits per heavy atom. The first-order chi connectivity index (χ1) is 11.4. The first kappa shape index (κ1) is 17.2. The van der Waals surface area contributed by atoms with E-state index in [-0.39, 0.29) is 35.6 Å². The fourth-order valence-corrected chi connectivity index (χ4v) is 2.08. The summed E-state index contributed by atoms with van der Waals surface area (Å²) in [6.07, 6.45) is 0. The van der Waals surface area contributed by atoms with Gasteiger partial charge in [-0.3, -0.25) is 14.9 Å². The lowest BCUT2D eigenvalue weighted by Gasteiger charge is -2.15.